The molecular weight excluding hydrogens is 468 g/mol. The fourth-order valence-electron chi connectivity index (χ4n) is 3.72. The smallest absolute Gasteiger partial charge is 0.324 e. The van der Waals surface area contributed by atoms with Crippen molar-refractivity contribution in [1.82, 2.24) is 14.5 Å². The summed E-state index contributed by atoms with van der Waals surface area (Å²) in [6, 6.07) is 11.7. The van der Waals surface area contributed by atoms with Crippen molar-refractivity contribution in [2.75, 3.05) is 11.9 Å². The summed E-state index contributed by atoms with van der Waals surface area (Å²) in [6.07, 6.45) is 0. The molecule has 0 saturated heterocycles. The number of hydrogen-bond donors (Lipinski definition) is 2. The molecule has 1 aromatic heterocycles. The monoisotopic (exact) mass is 498 g/mol. The van der Waals surface area contributed by atoms with Gasteiger partial charge in [0.05, 0.1) is 16.3 Å². The zero-order valence-corrected chi connectivity index (χ0v) is 21.5. The number of sulfonamides is 1. The van der Waals surface area contributed by atoms with Crippen LogP contribution in [0.3, 0.4) is 0 Å². The first-order valence-corrected chi connectivity index (χ1v) is 12.6. The Kier molecular flexibility index (Phi) is 7.76. The largest absolute Gasteiger partial charge is 0.454 e. The standard InChI is InChI=1S/C25H30N4O5S/c1-15-12-16(2)19(5)24(18(15)4)35(32,33)28-20(6)25(31)34-14-23(30)26-22-13-17(3)27-29(22)21-10-8-7-9-11-21/h7-13,20,28H,14H2,1-6H3,(H,26,30)/t20-/m0/s1. The van der Waals surface area contributed by atoms with Crippen LogP contribution in [-0.2, 0) is 24.3 Å². The van der Waals surface area contributed by atoms with Crippen molar-refractivity contribution in [3.05, 3.63) is 70.4 Å². The van der Waals surface area contributed by atoms with Gasteiger partial charge in [-0.05, 0) is 75.9 Å². The number of aromatic nitrogens is 2. The summed E-state index contributed by atoms with van der Waals surface area (Å²) in [7, 11) is -3.99. The van der Waals surface area contributed by atoms with Crippen molar-refractivity contribution >= 4 is 27.7 Å². The number of carbonyl (C=O) groups is 2. The van der Waals surface area contributed by atoms with Gasteiger partial charge < -0.3 is 10.1 Å². The molecule has 0 bridgehead atoms. The number of amides is 1. The lowest BCUT2D eigenvalue weighted by Crippen LogP contribution is -2.41. The van der Waals surface area contributed by atoms with Crippen LogP contribution in [0.2, 0.25) is 0 Å². The molecule has 0 saturated carbocycles. The van der Waals surface area contributed by atoms with E-state index in [1.165, 1.54) is 6.92 Å². The van der Waals surface area contributed by atoms with E-state index in [1.54, 1.807) is 31.5 Å². The van der Waals surface area contributed by atoms with Crippen LogP contribution < -0.4 is 10.0 Å². The highest BCUT2D eigenvalue weighted by atomic mass is 32.2. The van der Waals surface area contributed by atoms with Crippen molar-refractivity contribution < 1.29 is 22.7 Å². The first kappa shape index (κ1) is 26.1. The predicted molar refractivity (Wildman–Crippen MR) is 133 cm³/mol. The number of ether oxygens (including phenoxy) is 1. The summed E-state index contributed by atoms with van der Waals surface area (Å²) in [6.45, 7) is 9.72. The van der Waals surface area contributed by atoms with Gasteiger partial charge in [-0.1, -0.05) is 24.3 Å². The number of carbonyl (C=O) groups excluding carboxylic acids is 2. The molecule has 0 unspecified atom stereocenters. The summed E-state index contributed by atoms with van der Waals surface area (Å²) in [5, 5.41) is 7.04. The minimum Gasteiger partial charge on any atom is -0.454 e. The molecule has 0 aliphatic rings. The first-order valence-electron chi connectivity index (χ1n) is 11.1. The van der Waals surface area contributed by atoms with E-state index in [0.29, 0.717) is 22.6 Å². The van der Waals surface area contributed by atoms with E-state index in [-0.39, 0.29) is 4.90 Å². The molecule has 0 fully saturated rings. The normalized spacial score (nSPS) is 12.3. The maximum absolute atomic E-state index is 13.0. The minimum atomic E-state index is -3.99. The van der Waals surface area contributed by atoms with Crippen LogP contribution in [0.5, 0.6) is 0 Å². The van der Waals surface area contributed by atoms with Crippen molar-refractivity contribution in [3.63, 3.8) is 0 Å². The minimum absolute atomic E-state index is 0.150. The molecule has 2 aromatic carbocycles. The number of hydrogen-bond acceptors (Lipinski definition) is 6. The quantitative estimate of drug-likeness (QED) is 0.460. The molecule has 186 valence electrons. The van der Waals surface area contributed by atoms with Crippen LogP contribution >= 0.6 is 0 Å². The highest BCUT2D eigenvalue weighted by Gasteiger charge is 2.27. The van der Waals surface area contributed by atoms with E-state index in [0.717, 1.165) is 16.8 Å². The van der Waals surface area contributed by atoms with Gasteiger partial charge in [-0.15, -0.1) is 0 Å². The zero-order chi connectivity index (χ0) is 25.9. The average molecular weight is 499 g/mol. The Labute approximate surface area is 205 Å². The maximum Gasteiger partial charge on any atom is 0.324 e. The second kappa shape index (κ2) is 10.4. The number of esters is 1. The molecule has 35 heavy (non-hydrogen) atoms. The Morgan fingerprint density at radius 1 is 1.00 bits per heavy atom. The molecule has 1 amide bonds. The first-order chi connectivity index (χ1) is 16.4. The van der Waals surface area contributed by atoms with Crippen LogP contribution in [0.15, 0.2) is 47.4 Å². The third-order valence-corrected chi connectivity index (χ3v) is 7.51. The summed E-state index contributed by atoms with van der Waals surface area (Å²) >= 11 is 0. The number of nitrogens with zero attached hydrogens (tertiary/aromatic N) is 2. The molecule has 0 aliphatic heterocycles. The molecule has 10 heteroatoms. The molecule has 0 aliphatic carbocycles. The summed E-state index contributed by atoms with van der Waals surface area (Å²) in [5.74, 6) is -1.02. The molecule has 3 aromatic rings. The Balaban J connectivity index is 1.64. The lowest BCUT2D eigenvalue weighted by Gasteiger charge is -2.18. The molecule has 1 heterocycles. The Hall–Kier alpha value is -3.50. The van der Waals surface area contributed by atoms with Crippen molar-refractivity contribution in [2.24, 2.45) is 0 Å². The van der Waals surface area contributed by atoms with Gasteiger partial charge in [0, 0.05) is 6.07 Å². The maximum atomic E-state index is 13.0. The van der Waals surface area contributed by atoms with Gasteiger partial charge in [-0.2, -0.15) is 9.82 Å². The van der Waals surface area contributed by atoms with Crippen LogP contribution in [-0.4, -0.2) is 42.7 Å². The number of aryl methyl sites for hydroxylation is 3. The number of anilines is 1. The van der Waals surface area contributed by atoms with E-state index in [2.05, 4.69) is 15.1 Å². The number of para-hydroxylation sites is 1. The topological polar surface area (TPSA) is 119 Å². The van der Waals surface area contributed by atoms with Crippen molar-refractivity contribution in [1.29, 1.82) is 0 Å². The van der Waals surface area contributed by atoms with Crippen molar-refractivity contribution in [3.8, 4) is 5.69 Å². The highest BCUT2D eigenvalue weighted by Crippen LogP contribution is 2.26. The second-order valence-electron chi connectivity index (χ2n) is 8.51. The van der Waals surface area contributed by atoms with E-state index < -0.39 is 34.5 Å². The lowest BCUT2D eigenvalue weighted by molar-refractivity contribution is -0.148. The Morgan fingerprint density at radius 2 is 1.60 bits per heavy atom. The second-order valence-corrected chi connectivity index (χ2v) is 10.2. The lowest BCUT2D eigenvalue weighted by atomic mass is 10.0. The predicted octanol–water partition coefficient (Wildman–Crippen LogP) is 3.26. The molecule has 2 N–H and O–H groups in total. The van der Waals surface area contributed by atoms with Gasteiger partial charge in [-0.3, -0.25) is 9.59 Å². The van der Waals surface area contributed by atoms with Crippen LogP contribution in [0.25, 0.3) is 5.69 Å². The molecule has 0 radical (unpaired) electrons. The number of benzene rings is 2. The number of rotatable bonds is 8. The molecule has 3 rings (SSSR count). The van der Waals surface area contributed by atoms with Gasteiger partial charge in [-0.25, -0.2) is 13.1 Å². The van der Waals surface area contributed by atoms with E-state index in [4.69, 9.17) is 4.74 Å². The fourth-order valence-corrected chi connectivity index (χ4v) is 5.53. The molecule has 9 nitrogen and oxygen atoms in total. The van der Waals surface area contributed by atoms with E-state index >= 15 is 0 Å². The Bertz CT molecular complexity index is 1340. The number of nitrogens with one attached hydrogen (secondary N) is 2. The Morgan fingerprint density at radius 3 is 2.20 bits per heavy atom. The molecular formula is C25H30N4O5S. The molecule has 0 spiro atoms. The average Bonchev–Trinajstić information content (AvgIpc) is 3.16. The highest BCUT2D eigenvalue weighted by molar-refractivity contribution is 7.89. The van der Waals surface area contributed by atoms with Crippen LogP contribution in [0.4, 0.5) is 5.82 Å². The van der Waals surface area contributed by atoms with E-state index in [9.17, 15) is 18.0 Å². The zero-order valence-electron chi connectivity index (χ0n) is 20.7. The third-order valence-electron chi connectivity index (χ3n) is 5.70. The third kappa shape index (κ3) is 5.95. The van der Waals surface area contributed by atoms with Gasteiger partial charge in [0.2, 0.25) is 10.0 Å². The van der Waals surface area contributed by atoms with Crippen molar-refractivity contribution in [2.45, 2.75) is 52.5 Å². The summed E-state index contributed by atoms with van der Waals surface area (Å²) < 4.78 is 35.1. The van der Waals surface area contributed by atoms with E-state index in [1.807, 2.05) is 50.2 Å². The SMILES string of the molecule is Cc1cc(NC(=O)COC(=O)[C@H](C)NS(=O)(=O)c2c(C)c(C)cc(C)c2C)n(-c2ccccc2)n1. The van der Waals surface area contributed by atoms with Gasteiger partial charge in [0.25, 0.3) is 5.91 Å². The van der Waals surface area contributed by atoms with Gasteiger partial charge in [0.15, 0.2) is 6.61 Å². The van der Waals surface area contributed by atoms with Gasteiger partial charge in [0.1, 0.15) is 11.9 Å². The summed E-state index contributed by atoms with van der Waals surface area (Å²) in [4.78, 5) is 25.0. The summed E-state index contributed by atoms with van der Waals surface area (Å²) in [5.41, 5.74) is 4.36. The molecule has 1 atom stereocenters. The van der Waals surface area contributed by atoms with Gasteiger partial charge >= 0.3 is 5.97 Å². The van der Waals surface area contributed by atoms with Crippen LogP contribution in [0.1, 0.15) is 34.9 Å². The fraction of sp³-hybridized carbons (Fsp3) is 0.320. The van der Waals surface area contributed by atoms with Crippen LogP contribution in [0, 0.1) is 34.6 Å².